The van der Waals surface area contributed by atoms with E-state index in [1.165, 1.54) is 0 Å². The number of nitrogens with one attached hydrogen (secondary N) is 1. The molecular weight excluding hydrogens is 230 g/mol. The highest BCUT2D eigenvalue weighted by atomic mass is 16.2. The number of piperidine rings is 1. The number of rotatable bonds is 4. The molecule has 1 aliphatic heterocycles. The predicted octanol–water partition coefficient (Wildman–Crippen LogP) is -0.209. The molecule has 0 unspecified atom stereocenters. The number of hydrogen-bond donors (Lipinski definition) is 2. The topological polar surface area (TPSA) is 78.2 Å². The van der Waals surface area contributed by atoms with Crippen LogP contribution in [-0.2, 0) is 11.3 Å². The lowest BCUT2D eigenvalue weighted by Crippen LogP contribution is -2.44. The highest BCUT2D eigenvalue weighted by molar-refractivity contribution is 5.77. The van der Waals surface area contributed by atoms with Gasteiger partial charge in [0.15, 0.2) is 0 Å². The van der Waals surface area contributed by atoms with E-state index < -0.39 is 0 Å². The number of imidazole rings is 1. The molecule has 0 aromatic carbocycles. The van der Waals surface area contributed by atoms with Crippen molar-refractivity contribution in [2.24, 2.45) is 5.73 Å². The highest BCUT2D eigenvalue weighted by Gasteiger charge is 2.20. The van der Waals surface area contributed by atoms with Crippen molar-refractivity contribution >= 4 is 5.91 Å². The Balaban J connectivity index is 1.77. The fraction of sp³-hybridized carbons (Fsp3) is 0.667. The Hall–Kier alpha value is -1.40. The van der Waals surface area contributed by atoms with Crippen LogP contribution in [0.3, 0.4) is 0 Å². The first-order chi connectivity index (χ1) is 8.65. The van der Waals surface area contributed by atoms with E-state index in [4.69, 9.17) is 5.73 Å². The van der Waals surface area contributed by atoms with Gasteiger partial charge in [-0.1, -0.05) is 0 Å². The predicted molar refractivity (Wildman–Crippen MR) is 68.7 cm³/mol. The summed E-state index contributed by atoms with van der Waals surface area (Å²) in [7, 11) is 1.81. The van der Waals surface area contributed by atoms with Gasteiger partial charge in [-0.15, -0.1) is 0 Å². The van der Waals surface area contributed by atoms with Crippen LogP contribution >= 0.6 is 0 Å². The van der Waals surface area contributed by atoms with Gasteiger partial charge in [-0.2, -0.15) is 0 Å². The average Bonchev–Trinajstić information content (AvgIpc) is 2.85. The second-order valence-corrected chi connectivity index (χ2v) is 4.90. The molecule has 0 spiro atoms. The van der Waals surface area contributed by atoms with Gasteiger partial charge in [0.25, 0.3) is 0 Å². The summed E-state index contributed by atoms with van der Waals surface area (Å²) in [4.78, 5) is 23.0. The molecule has 3 N–H and O–H groups in total. The van der Waals surface area contributed by atoms with Crippen LogP contribution in [0.1, 0.15) is 18.7 Å². The van der Waals surface area contributed by atoms with Crippen molar-refractivity contribution in [1.29, 1.82) is 0 Å². The summed E-state index contributed by atoms with van der Waals surface area (Å²) in [5.74, 6) is 0.938. The average molecular weight is 251 g/mol. The van der Waals surface area contributed by atoms with Crippen molar-refractivity contribution in [1.82, 2.24) is 19.8 Å². The molecule has 1 aliphatic rings. The van der Waals surface area contributed by atoms with Gasteiger partial charge in [0.1, 0.15) is 5.82 Å². The zero-order valence-electron chi connectivity index (χ0n) is 10.8. The Morgan fingerprint density at radius 1 is 1.61 bits per heavy atom. The maximum absolute atomic E-state index is 12.0. The molecule has 100 valence electrons. The molecule has 2 rings (SSSR count). The molecule has 6 heteroatoms. The normalized spacial score (nSPS) is 17.9. The maximum Gasteiger partial charge on any atom is 0.236 e. The van der Waals surface area contributed by atoms with Crippen LogP contribution in [0.25, 0.3) is 0 Å². The molecule has 1 saturated heterocycles. The Labute approximate surface area is 107 Å². The smallest absolute Gasteiger partial charge is 0.236 e. The summed E-state index contributed by atoms with van der Waals surface area (Å²) < 4.78 is 0. The summed E-state index contributed by atoms with van der Waals surface area (Å²) in [6, 6.07) is 0.303. The van der Waals surface area contributed by atoms with Gasteiger partial charge in [0.2, 0.25) is 5.91 Å². The van der Waals surface area contributed by atoms with E-state index in [1.807, 2.05) is 0 Å². The fourth-order valence-electron chi connectivity index (χ4n) is 2.12. The van der Waals surface area contributed by atoms with Crippen LogP contribution < -0.4 is 5.73 Å². The second kappa shape index (κ2) is 5.97. The Bertz CT molecular complexity index is 370. The summed E-state index contributed by atoms with van der Waals surface area (Å²) >= 11 is 0. The third-order valence-electron chi connectivity index (χ3n) is 3.36. The number of carbonyl (C=O) groups excluding carboxylic acids is 1. The van der Waals surface area contributed by atoms with Crippen LogP contribution in [0.5, 0.6) is 0 Å². The molecular formula is C12H21N5O. The molecule has 1 fully saturated rings. The minimum Gasteiger partial charge on any atom is -0.347 e. The van der Waals surface area contributed by atoms with Gasteiger partial charge >= 0.3 is 0 Å². The molecule has 1 amide bonds. The number of nitrogens with zero attached hydrogens (tertiary/aromatic N) is 3. The lowest BCUT2D eigenvalue weighted by atomic mass is 10.1. The van der Waals surface area contributed by atoms with E-state index in [1.54, 1.807) is 24.3 Å². The van der Waals surface area contributed by atoms with Gasteiger partial charge < -0.3 is 15.6 Å². The van der Waals surface area contributed by atoms with E-state index in [0.29, 0.717) is 19.1 Å². The number of amides is 1. The lowest BCUT2D eigenvalue weighted by molar-refractivity contribution is -0.132. The van der Waals surface area contributed by atoms with E-state index in [9.17, 15) is 4.79 Å². The Morgan fingerprint density at radius 3 is 2.94 bits per heavy atom. The zero-order valence-corrected chi connectivity index (χ0v) is 10.8. The molecule has 0 radical (unpaired) electrons. The van der Waals surface area contributed by atoms with Crippen LogP contribution in [0.2, 0.25) is 0 Å². The largest absolute Gasteiger partial charge is 0.347 e. The number of nitrogens with two attached hydrogens (primary N) is 1. The van der Waals surface area contributed by atoms with Crippen molar-refractivity contribution in [2.75, 3.05) is 26.7 Å². The van der Waals surface area contributed by atoms with Gasteiger partial charge in [0.05, 0.1) is 13.1 Å². The second-order valence-electron chi connectivity index (χ2n) is 4.90. The van der Waals surface area contributed by atoms with Crippen LogP contribution in [0.15, 0.2) is 12.4 Å². The molecule has 0 bridgehead atoms. The van der Waals surface area contributed by atoms with Crippen molar-refractivity contribution in [3.05, 3.63) is 18.2 Å². The van der Waals surface area contributed by atoms with Crippen molar-refractivity contribution in [2.45, 2.75) is 25.4 Å². The maximum atomic E-state index is 12.0. The monoisotopic (exact) mass is 251 g/mol. The summed E-state index contributed by atoms with van der Waals surface area (Å²) in [6.45, 7) is 2.84. The van der Waals surface area contributed by atoms with E-state index in [2.05, 4.69) is 14.9 Å². The minimum absolute atomic E-state index is 0.127. The molecule has 0 saturated carbocycles. The number of carbonyl (C=O) groups is 1. The highest BCUT2D eigenvalue weighted by Crippen LogP contribution is 2.08. The number of likely N-dealkylation sites (tertiary alicyclic amines) is 1. The van der Waals surface area contributed by atoms with Gasteiger partial charge in [0, 0.05) is 38.6 Å². The van der Waals surface area contributed by atoms with Gasteiger partial charge in [-0.3, -0.25) is 9.69 Å². The SMILES string of the molecule is CN(Cc1ncc[nH]1)C(=O)CN1CCC(N)CC1. The summed E-state index contributed by atoms with van der Waals surface area (Å²) in [5.41, 5.74) is 5.84. The van der Waals surface area contributed by atoms with E-state index in [-0.39, 0.29) is 5.91 Å². The van der Waals surface area contributed by atoms with Gasteiger partial charge in [-0.25, -0.2) is 4.98 Å². The molecule has 0 atom stereocenters. The minimum atomic E-state index is 0.127. The van der Waals surface area contributed by atoms with E-state index >= 15 is 0 Å². The van der Waals surface area contributed by atoms with Crippen molar-refractivity contribution in [3.8, 4) is 0 Å². The molecule has 18 heavy (non-hydrogen) atoms. The summed E-state index contributed by atoms with van der Waals surface area (Å²) in [6.07, 6.45) is 5.42. The molecule has 6 nitrogen and oxygen atoms in total. The van der Waals surface area contributed by atoms with Crippen LogP contribution in [0, 0.1) is 0 Å². The molecule has 1 aromatic rings. The first kappa shape index (κ1) is 13.0. The molecule has 0 aliphatic carbocycles. The van der Waals surface area contributed by atoms with E-state index in [0.717, 1.165) is 31.8 Å². The van der Waals surface area contributed by atoms with Crippen LogP contribution in [0.4, 0.5) is 0 Å². The third-order valence-corrected chi connectivity index (χ3v) is 3.36. The molecule has 2 heterocycles. The Morgan fingerprint density at radius 2 is 2.33 bits per heavy atom. The summed E-state index contributed by atoms with van der Waals surface area (Å²) in [5, 5.41) is 0. The quantitative estimate of drug-likeness (QED) is 0.776. The lowest BCUT2D eigenvalue weighted by Gasteiger charge is -2.30. The van der Waals surface area contributed by atoms with Crippen molar-refractivity contribution < 1.29 is 4.79 Å². The first-order valence-corrected chi connectivity index (χ1v) is 6.35. The van der Waals surface area contributed by atoms with Gasteiger partial charge in [-0.05, 0) is 12.8 Å². The standard InChI is InChI=1S/C12H21N5O/c1-16(8-11-14-4-5-15-11)12(18)9-17-6-2-10(13)3-7-17/h4-5,10H,2-3,6-9,13H2,1H3,(H,14,15). The van der Waals surface area contributed by atoms with Crippen LogP contribution in [-0.4, -0.2) is 58.4 Å². The number of aromatic nitrogens is 2. The fourth-order valence-corrected chi connectivity index (χ4v) is 2.12. The number of likely N-dealkylation sites (N-methyl/N-ethyl adjacent to an activating group) is 1. The first-order valence-electron chi connectivity index (χ1n) is 6.35. The Kier molecular flexibility index (Phi) is 4.33. The number of H-pyrrole nitrogens is 1. The third kappa shape index (κ3) is 3.54. The zero-order chi connectivity index (χ0) is 13.0. The van der Waals surface area contributed by atoms with Crippen molar-refractivity contribution in [3.63, 3.8) is 0 Å². The molecule has 1 aromatic heterocycles. The number of aromatic amines is 1. The number of hydrogen-bond acceptors (Lipinski definition) is 4.